The van der Waals surface area contributed by atoms with Crippen LogP contribution < -0.4 is 5.32 Å². The molecule has 2 rings (SSSR count). The van der Waals surface area contributed by atoms with Gasteiger partial charge < -0.3 is 5.32 Å². The van der Waals surface area contributed by atoms with E-state index < -0.39 is 0 Å². The molecule has 1 amide bonds. The molecule has 0 atom stereocenters. The first-order valence-electron chi connectivity index (χ1n) is 6.34. The van der Waals surface area contributed by atoms with Gasteiger partial charge in [0.2, 0.25) is 5.91 Å². The number of aromatic nitrogens is 2. The van der Waals surface area contributed by atoms with Gasteiger partial charge in [-0.2, -0.15) is 5.26 Å². The van der Waals surface area contributed by atoms with E-state index in [1.54, 1.807) is 12.1 Å². The smallest absolute Gasteiger partial charge is 0.238 e. The number of carbonyl (C=O) groups is 1. The Morgan fingerprint density at radius 1 is 1.24 bits per heavy atom. The molecular weight excluding hydrogens is 284 g/mol. The number of aryl methyl sites for hydroxylation is 2. The third-order valence-electron chi connectivity index (χ3n) is 2.55. The molecule has 2 aromatic rings. The summed E-state index contributed by atoms with van der Waals surface area (Å²) in [6.45, 7) is 3.87. The monoisotopic (exact) mass is 298 g/mol. The Morgan fingerprint density at radius 2 is 1.86 bits per heavy atom. The lowest BCUT2D eigenvalue weighted by atomic mass is 10.3. The fraction of sp³-hybridized carbons (Fsp3) is 0.200. The van der Waals surface area contributed by atoms with Crippen molar-refractivity contribution in [3.63, 3.8) is 0 Å². The summed E-state index contributed by atoms with van der Waals surface area (Å²) >= 11 is 1.47. The van der Waals surface area contributed by atoms with Crippen molar-refractivity contribution < 1.29 is 4.79 Å². The Balaban J connectivity index is 2.05. The highest BCUT2D eigenvalue weighted by Crippen LogP contribution is 2.26. The number of hydrogen-bond acceptors (Lipinski definition) is 5. The SMILES string of the molecule is Cc1cc(C)nc(Sc2ccc(NC(=O)CC#N)cc2)n1. The second kappa shape index (κ2) is 6.86. The van der Waals surface area contributed by atoms with Crippen LogP contribution in [-0.2, 0) is 4.79 Å². The van der Waals surface area contributed by atoms with Gasteiger partial charge in [-0.3, -0.25) is 4.79 Å². The summed E-state index contributed by atoms with van der Waals surface area (Å²) in [7, 11) is 0. The van der Waals surface area contributed by atoms with Crippen LogP contribution in [0.3, 0.4) is 0 Å². The van der Waals surface area contributed by atoms with Crippen LogP contribution in [0.2, 0.25) is 0 Å². The molecule has 1 heterocycles. The summed E-state index contributed by atoms with van der Waals surface area (Å²) in [4.78, 5) is 21.0. The molecule has 0 radical (unpaired) electrons. The van der Waals surface area contributed by atoms with Gasteiger partial charge in [0.15, 0.2) is 5.16 Å². The molecule has 0 aliphatic carbocycles. The lowest BCUT2D eigenvalue weighted by molar-refractivity contribution is -0.115. The molecule has 5 nitrogen and oxygen atoms in total. The van der Waals surface area contributed by atoms with Crippen LogP contribution in [0.15, 0.2) is 40.4 Å². The Morgan fingerprint density at radius 3 is 2.43 bits per heavy atom. The number of nitrogens with zero attached hydrogens (tertiary/aromatic N) is 3. The maximum Gasteiger partial charge on any atom is 0.238 e. The van der Waals surface area contributed by atoms with Crippen molar-refractivity contribution in [3.8, 4) is 6.07 Å². The molecule has 0 fully saturated rings. The van der Waals surface area contributed by atoms with Crippen LogP contribution >= 0.6 is 11.8 Å². The summed E-state index contributed by atoms with van der Waals surface area (Å²) < 4.78 is 0. The van der Waals surface area contributed by atoms with Crippen molar-refractivity contribution >= 4 is 23.4 Å². The van der Waals surface area contributed by atoms with E-state index in [0.717, 1.165) is 16.3 Å². The van der Waals surface area contributed by atoms with Gasteiger partial charge in [-0.15, -0.1) is 0 Å². The molecule has 1 aromatic carbocycles. The van der Waals surface area contributed by atoms with Gasteiger partial charge in [0, 0.05) is 22.0 Å². The van der Waals surface area contributed by atoms with Gasteiger partial charge in [-0.1, -0.05) is 0 Å². The summed E-state index contributed by atoms with van der Waals surface area (Å²) in [5, 5.41) is 11.8. The van der Waals surface area contributed by atoms with Crippen LogP contribution in [0.1, 0.15) is 17.8 Å². The first-order chi connectivity index (χ1) is 10.1. The quantitative estimate of drug-likeness (QED) is 0.877. The number of nitriles is 1. The topological polar surface area (TPSA) is 78.7 Å². The normalized spacial score (nSPS) is 9.95. The highest BCUT2D eigenvalue weighted by molar-refractivity contribution is 7.99. The number of rotatable bonds is 4. The van der Waals surface area contributed by atoms with E-state index in [1.165, 1.54) is 11.8 Å². The van der Waals surface area contributed by atoms with Gasteiger partial charge in [-0.05, 0) is 55.9 Å². The second-order valence-electron chi connectivity index (χ2n) is 4.44. The van der Waals surface area contributed by atoms with Crippen LogP contribution in [0.4, 0.5) is 5.69 Å². The Labute approximate surface area is 127 Å². The van der Waals surface area contributed by atoms with Crippen molar-refractivity contribution in [1.29, 1.82) is 5.26 Å². The zero-order chi connectivity index (χ0) is 15.2. The van der Waals surface area contributed by atoms with E-state index in [4.69, 9.17) is 5.26 Å². The molecule has 106 valence electrons. The van der Waals surface area contributed by atoms with Crippen molar-refractivity contribution in [2.45, 2.75) is 30.3 Å². The number of carbonyl (C=O) groups excluding carboxylic acids is 1. The van der Waals surface area contributed by atoms with Gasteiger partial charge in [-0.25, -0.2) is 9.97 Å². The lowest BCUT2D eigenvalue weighted by Gasteiger charge is -2.05. The molecule has 0 unspecified atom stereocenters. The Hall–Kier alpha value is -2.39. The first-order valence-corrected chi connectivity index (χ1v) is 7.15. The number of benzene rings is 1. The molecule has 0 saturated heterocycles. The maximum absolute atomic E-state index is 11.3. The fourth-order valence-electron chi connectivity index (χ4n) is 1.73. The van der Waals surface area contributed by atoms with Crippen molar-refractivity contribution in [3.05, 3.63) is 41.7 Å². The standard InChI is InChI=1S/C15H14N4OS/c1-10-9-11(2)18-15(17-10)21-13-5-3-12(4-6-13)19-14(20)7-8-16/h3-6,9H,7H2,1-2H3,(H,19,20). The average Bonchev–Trinajstić information content (AvgIpc) is 2.40. The van der Waals surface area contributed by atoms with Crippen LogP contribution in [0.5, 0.6) is 0 Å². The molecule has 0 spiro atoms. The second-order valence-corrected chi connectivity index (χ2v) is 5.48. The first kappa shape index (κ1) is 15.0. The van der Waals surface area contributed by atoms with Crippen LogP contribution in [0, 0.1) is 25.2 Å². The third kappa shape index (κ3) is 4.58. The molecule has 1 aromatic heterocycles. The van der Waals surface area contributed by atoms with E-state index in [-0.39, 0.29) is 12.3 Å². The summed E-state index contributed by atoms with van der Waals surface area (Å²) in [6, 6.07) is 11.1. The minimum absolute atomic E-state index is 0.146. The molecule has 0 bridgehead atoms. The van der Waals surface area contributed by atoms with E-state index in [0.29, 0.717) is 10.8 Å². The van der Waals surface area contributed by atoms with Gasteiger partial charge in [0.1, 0.15) is 6.42 Å². The van der Waals surface area contributed by atoms with Crippen molar-refractivity contribution in [2.24, 2.45) is 0 Å². The molecule has 0 aliphatic rings. The summed E-state index contributed by atoms with van der Waals surface area (Å²) in [6.07, 6.45) is -0.146. The predicted molar refractivity (Wildman–Crippen MR) is 80.9 cm³/mol. The predicted octanol–water partition coefficient (Wildman–Crippen LogP) is 3.10. The van der Waals surface area contributed by atoms with E-state index in [1.807, 2.05) is 38.1 Å². The fourth-order valence-corrected chi connectivity index (χ4v) is 2.59. The molecule has 21 heavy (non-hydrogen) atoms. The average molecular weight is 298 g/mol. The largest absolute Gasteiger partial charge is 0.325 e. The van der Waals surface area contributed by atoms with E-state index in [2.05, 4.69) is 15.3 Å². The molecule has 0 aliphatic heterocycles. The highest BCUT2D eigenvalue weighted by atomic mass is 32.2. The number of anilines is 1. The maximum atomic E-state index is 11.3. The number of hydrogen-bond donors (Lipinski definition) is 1. The van der Waals surface area contributed by atoms with Crippen LogP contribution in [0.25, 0.3) is 0 Å². The van der Waals surface area contributed by atoms with Crippen molar-refractivity contribution in [1.82, 2.24) is 9.97 Å². The minimum atomic E-state index is -0.310. The third-order valence-corrected chi connectivity index (χ3v) is 3.42. The zero-order valence-electron chi connectivity index (χ0n) is 11.8. The van der Waals surface area contributed by atoms with E-state index >= 15 is 0 Å². The van der Waals surface area contributed by atoms with Crippen LogP contribution in [-0.4, -0.2) is 15.9 Å². The molecule has 0 saturated carbocycles. The summed E-state index contributed by atoms with van der Waals surface area (Å²) in [5.74, 6) is -0.310. The minimum Gasteiger partial charge on any atom is -0.325 e. The van der Waals surface area contributed by atoms with Gasteiger partial charge in [0.05, 0.1) is 6.07 Å². The molecule has 6 heteroatoms. The molecule has 1 N–H and O–H groups in total. The Bertz CT molecular complexity index is 672. The molecular formula is C15H14N4OS. The number of amides is 1. The Kier molecular flexibility index (Phi) is 4.90. The highest BCUT2D eigenvalue weighted by Gasteiger charge is 2.04. The summed E-state index contributed by atoms with van der Waals surface area (Å²) in [5.41, 5.74) is 2.54. The lowest BCUT2D eigenvalue weighted by Crippen LogP contribution is -2.09. The van der Waals surface area contributed by atoms with Gasteiger partial charge in [0.25, 0.3) is 0 Å². The number of nitrogens with one attached hydrogen (secondary N) is 1. The zero-order valence-corrected chi connectivity index (χ0v) is 12.6. The van der Waals surface area contributed by atoms with Gasteiger partial charge >= 0.3 is 0 Å². The van der Waals surface area contributed by atoms with Crippen molar-refractivity contribution in [2.75, 3.05) is 5.32 Å². The van der Waals surface area contributed by atoms with E-state index in [9.17, 15) is 4.79 Å².